The largest absolute Gasteiger partial charge is 0.299 e. The van der Waals surface area contributed by atoms with Crippen molar-refractivity contribution < 1.29 is 4.79 Å². The van der Waals surface area contributed by atoms with Gasteiger partial charge in [0.1, 0.15) is 5.78 Å². The number of ketones is 1. The minimum Gasteiger partial charge on any atom is -0.299 e. The summed E-state index contributed by atoms with van der Waals surface area (Å²) < 4.78 is 0. The predicted octanol–water partition coefficient (Wildman–Crippen LogP) is 5.77. The van der Waals surface area contributed by atoms with Gasteiger partial charge in [0.2, 0.25) is 0 Å². The molecule has 1 heteroatoms. The van der Waals surface area contributed by atoms with E-state index in [2.05, 4.69) is 13.8 Å². The molecule has 0 aromatic rings. The summed E-state index contributed by atoms with van der Waals surface area (Å²) >= 11 is 0. The smallest absolute Gasteiger partial charge is 0.138 e. The molecule has 0 saturated carbocycles. The number of unbranched alkanes of at least 4 members (excludes halogenated alkanes) is 6. The highest BCUT2D eigenvalue weighted by molar-refractivity contribution is 5.83. The van der Waals surface area contributed by atoms with Crippen molar-refractivity contribution in [1.29, 1.82) is 0 Å². The van der Waals surface area contributed by atoms with Crippen molar-refractivity contribution in [3.63, 3.8) is 0 Å². The number of rotatable bonds is 10. The molecular formula is C17H34O. The van der Waals surface area contributed by atoms with Crippen LogP contribution < -0.4 is 0 Å². The molecular weight excluding hydrogens is 220 g/mol. The van der Waals surface area contributed by atoms with Crippen LogP contribution in [0.1, 0.15) is 92.4 Å². The van der Waals surface area contributed by atoms with Crippen molar-refractivity contribution in [2.45, 2.75) is 92.4 Å². The molecule has 0 radical (unpaired) electrons. The van der Waals surface area contributed by atoms with Gasteiger partial charge in [-0.3, -0.25) is 4.79 Å². The molecule has 1 unspecified atom stereocenters. The predicted molar refractivity (Wildman–Crippen MR) is 80.9 cm³/mol. The summed E-state index contributed by atoms with van der Waals surface area (Å²) in [7, 11) is 0. The Hall–Kier alpha value is -0.330. The Morgan fingerprint density at radius 1 is 0.944 bits per heavy atom. The highest BCUT2D eigenvalue weighted by atomic mass is 16.1. The Kier molecular flexibility index (Phi) is 9.40. The lowest BCUT2D eigenvalue weighted by atomic mass is 9.84. The molecule has 0 spiro atoms. The number of Topliss-reactive ketones (excluding diaryl/α,β-unsaturated/α-hetero) is 1. The lowest BCUT2D eigenvalue weighted by Crippen LogP contribution is -2.22. The summed E-state index contributed by atoms with van der Waals surface area (Å²) in [5.41, 5.74) is -0.158. The van der Waals surface area contributed by atoms with Crippen LogP contribution in [0.4, 0.5) is 0 Å². The van der Waals surface area contributed by atoms with Crippen molar-refractivity contribution in [2.24, 2.45) is 11.3 Å². The zero-order chi connectivity index (χ0) is 14.0. The first kappa shape index (κ1) is 17.7. The molecule has 0 aliphatic heterocycles. The minimum atomic E-state index is -0.158. The average molecular weight is 254 g/mol. The summed E-state index contributed by atoms with van der Waals surface area (Å²) in [5.74, 6) is 0.977. The maximum absolute atomic E-state index is 11.9. The van der Waals surface area contributed by atoms with Crippen molar-refractivity contribution in [1.82, 2.24) is 0 Å². The van der Waals surface area contributed by atoms with Crippen molar-refractivity contribution in [3.8, 4) is 0 Å². The Balaban J connectivity index is 3.48. The third-order valence-corrected chi connectivity index (χ3v) is 3.67. The molecule has 0 aromatic carbocycles. The van der Waals surface area contributed by atoms with E-state index in [4.69, 9.17) is 0 Å². The zero-order valence-corrected chi connectivity index (χ0v) is 13.3. The molecule has 0 fully saturated rings. The minimum absolute atomic E-state index is 0.158. The standard InChI is InChI=1S/C17H34O/c1-6-7-8-9-10-11-12-13-15(2)14-16(18)17(3,4)5/h15H,6-14H2,1-5H3. The molecule has 0 saturated heterocycles. The third kappa shape index (κ3) is 9.67. The van der Waals surface area contributed by atoms with Gasteiger partial charge in [0, 0.05) is 11.8 Å². The van der Waals surface area contributed by atoms with Crippen LogP contribution in [0, 0.1) is 11.3 Å². The van der Waals surface area contributed by atoms with Crippen LogP contribution in [0.15, 0.2) is 0 Å². The van der Waals surface area contributed by atoms with Gasteiger partial charge >= 0.3 is 0 Å². The first-order valence-corrected chi connectivity index (χ1v) is 7.91. The van der Waals surface area contributed by atoms with Crippen molar-refractivity contribution >= 4 is 5.78 Å². The monoisotopic (exact) mass is 254 g/mol. The SMILES string of the molecule is CCCCCCCCCC(C)CC(=O)C(C)(C)C. The fraction of sp³-hybridized carbons (Fsp3) is 0.941. The van der Waals surface area contributed by atoms with Gasteiger partial charge in [0.15, 0.2) is 0 Å². The van der Waals surface area contributed by atoms with Crippen LogP contribution in [0.2, 0.25) is 0 Å². The van der Waals surface area contributed by atoms with Gasteiger partial charge in [0.05, 0.1) is 0 Å². The van der Waals surface area contributed by atoms with Crippen molar-refractivity contribution in [3.05, 3.63) is 0 Å². The van der Waals surface area contributed by atoms with E-state index in [1.807, 2.05) is 20.8 Å². The number of carbonyl (C=O) groups excluding carboxylic acids is 1. The van der Waals surface area contributed by atoms with Crippen LogP contribution >= 0.6 is 0 Å². The Morgan fingerprint density at radius 3 is 1.94 bits per heavy atom. The van der Waals surface area contributed by atoms with Gasteiger partial charge in [-0.1, -0.05) is 86.0 Å². The first-order valence-electron chi connectivity index (χ1n) is 7.91. The van der Waals surface area contributed by atoms with Gasteiger partial charge in [-0.05, 0) is 5.92 Å². The van der Waals surface area contributed by atoms with E-state index in [9.17, 15) is 4.79 Å². The molecule has 0 heterocycles. The Morgan fingerprint density at radius 2 is 1.44 bits per heavy atom. The molecule has 0 amide bonds. The van der Waals surface area contributed by atoms with E-state index in [0.717, 1.165) is 6.42 Å². The molecule has 0 aliphatic rings. The van der Waals surface area contributed by atoms with Crippen LogP contribution in [-0.4, -0.2) is 5.78 Å². The average Bonchev–Trinajstić information content (AvgIpc) is 2.26. The topological polar surface area (TPSA) is 17.1 Å². The van der Waals surface area contributed by atoms with Crippen LogP contribution in [0.3, 0.4) is 0 Å². The summed E-state index contributed by atoms with van der Waals surface area (Å²) in [6, 6.07) is 0. The van der Waals surface area contributed by atoms with E-state index in [0.29, 0.717) is 11.7 Å². The molecule has 0 aromatic heterocycles. The molecule has 1 nitrogen and oxygen atoms in total. The first-order chi connectivity index (χ1) is 8.38. The van der Waals surface area contributed by atoms with Gasteiger partial charge in [-0.2, -0.15) is 0 Å². The maximum atomic E-state index is 11.9. The molecule has 0 bridgehead atoms. The van der Waals surface area contributed by atoms with E-state index < -0.39 is 0 Å². The molecule has 18 heavy (non-hydrogen) atoms. The second-order valence-corrected chi connectivity index (χ2v) is 6.89. The molecule has 0 rings (SSSR count). The second-order valence-electron chi connectivity index (χ2n) is 6.89. The van der Waals surface area contributed by atoms with Gasteiger partial charge in [-0.25, -0.2) is 0 Å². The number of hydrogen-bond acceptors (Lipinski definition) is 1. The van der Waals surface area contributed by atoms with Crippen LogP contribution in [-0.2, 0) is 4.79 Å². The molecule has 0 N–H and O–H groups in total. The summed E-state index contributed by atoms with van der Waals surface area (Å²) in [6.45, 7) is 10.6. The lowest BCUT2D eigenvalue weighted by molar-refractivity contribution is -0.127. The Bertz CT molecular complexity index is 212. The molecule has 0 aliphatic carbocycles. The maximum Gasteiger partial charge on any atom is 0.138 e. The zero-order valence-electron chi connectivity index (χ0n) is 13.3. The third-order valence-electron chi connectivity index (χ3n) is 3.67. The quantitative estimate of drug-likeness (QED) is 0.452. The summed E-state index contributed by atoms with van der Waals surface area (Å²) in [4.78, 5) is 11.9. The van der Waals surface area contributed by atoms with E-state index in [-0.39, 0.29) is 5.41 Å². The van der Waals surface area contributed by atoms with Gasteiger partial charge in [-0.15, -0.1) is 0 Å². The summed E-state index contributed by atoms with van der Waals surface area (Å²) in [6.07, 6.45) is 11.5. The fourth-order valence-corrected chi connectivity index (χ4v) is 2.17. The fourth-order valence-electron chi connectivity index (χ4n) is 2.17. The second kappa shape index (κ2) is 9.58. The van der Waals surface area contributed by atoms with Gasteiger partial charge in [0.25, 0.3) is 0 Å². The van der Waals surface area contributed by atoms with E-state index in [1.54, 1.807) is 0 Å². The van der Waals surface area contributed by atoms with Gasteiger partial charge < -0.3 is 0 Å². The highest BCUT2D eigenvalue weighted by Gasteiger charge is 2.22. The molecule has 1 atom stereocenters. The highest BCUT2D eigenvalue weighted by Crippen LogP contribution is 2.22. The van der Waals surface area contributed by atoms with E-state index in [1.165, 1.54) is 51.4 Å². The normalized spacial score (nSPS) is 13.6. The summed E-state index contributed by atoms with van der Waals surface area (Å²) in [5, 5.41) is 0. The van der Waals surface area contributed by atoms with Crippen LogP contribution in [0.5, 0.6) is 0 Å². The lowest BCUT2D eigenvalue weighted by Gasteiger charge is -2.19. The Labute approximate surface area is 115 Å². The number of hydrogen-bond donors (Lipinski definition) is 0. The van der Waals surface area contributed by atoms with Crippen LogP contribution in [0.25, 0.3) is 0 Å². The van der Waals surface area contributed by atoms with E-state index >= 15 is 0 Å². The molecule has 108 valence electrons. The van der Waals surface area contributed by atoms with Crippen molar-refractivity contribution in [2.75, 3.05) is 0 Å². The number of carbonyl (C=O) groups is 1.